The van der Waals surface area contributed by atoms with Crippen molar-refractivity contribution in [2.24, 2.45) is 5.18 Å². The van der Waals surface area contributed by atoms with E-state index in [1.165, 1.54) is 25.1 Å². The Labute approximate surface area is 79.3 Å². The van der Waals surface area contributed by atoms with Crippen LogP contribution in [0.25, 0.3) is 0 Å². The standard InChI is InChI=1S/C9H7NO4/c1-5(11)6-3-2-4-7(10-14)8(6)9(12)13/h2-4H,1H3,(H,12,13). The van der Waals surface area contributed by atoms with E-state index < -0.39 is 11.8 Å². The van der Waals surface area contributed by atoms with Gasteiger partial charge in [-0.05, 0) is 18.2 Å². The molecule has 1 N–H and O–H groups in total. The predicted molar refractivity (Wildman–Crippen MR) is 48.9 cm³/mol. The smallest absolute Gasteiger partial charge is 0.338 e. The number of hydrogen-bond acceptors (Lipinski definition) is 4. The Hall–Kier alpha value is -2.04. The lowest BCUT2D eigenvalue weighted by Gasteiger charge is -2.02. The monoisotopic (exact) mass is 193 g/mol. The van der Waals surface area contributed by atoms with E-state index in [0.717, 1.165) is 0 Å². The van der Waals surface area contributed by atoms with Crippen LogP contribution in [0.15, 0.2) is 23.4 Å². The number of rotatable bonds is 3. The molecule has 0 atom stereocenters. The third kappa shape index (κ3) is 1.66. The second-order valence-corrected chi connectivity index (χ2v) is 2.65. The molecule has 0 spiro atoms. The van der Waals surface area contributed by atoms with Gasteiger partial charge in [0.1, 0.15) is 5.69 Å². The topological polar surface area (TPSA) is 83.8 Å². The van der Waals surface area contributed by atoms with Crippen LogP contribution in [0.5, 0.6) is 0 Å². The molecule has 0 fully saturated rings. The number of ketones is 1. The zero-order chi connectivity index (χ0) is 10.7. The second kappa shape index (κ2) is 3.78. The number of nitroso groups, excluding NO2 is 1. The molecule has 72 valence electrons. The fourth-order valence-corrected chi connectivity index (χ4v) is 1.13. The minimum Gasteiger partial charge on any atom is -0.478 e. The Balaban J connectivity index is 3.51. The molecule has 0 radical (unpaired) electrons. The van der Waals surface area contributed by atoms with Crippen molar-refractivity contribution < 1.29 is 14.7 Å². The summed E-state index contributed by atoms with van der Waals surface area (Å²) in [4.78, 5) is 32.1. The largest absolute Gasteiger partial charge is 0.478 e. The van der Waals surface area contributed by atoms with Crippen molar-refractivity contribution in [3.05, 3.63) is 34.2 Å². The molecule has 0 amide bonds. The molecule has 5 heteroatoms. The maximum Gasteiger partial charge on any atom is 0.338 e. The van der Waals surface area contributed by atoms with E-state index in [9.17, 15) is 14.5 Å². The van der Waals surface area contributed by atoms with Gasteiger partial charge in [-0.3, -0.25) is 4.79 Å². The normalized spacial score (nSPS) is 9.50. The maximum atomic E-state index is 11.0. The molecule has 5 nitrogen and oxygen atoms in total. The molecule has 0 heterocycles. The third-order valence-corrected chi connectivity index (χ3v) is 1.73. The molecule has 0 bridgehead atoms. The van der Waals surface area contributed by atoms with Gasteiger partial charge in [0.2, 0.25) is 0 Å². The van der Waals surface area contributed by atoms with Crippen LogP contribution in [0, 0.1) is 4.91 Å². The highest BCUT2D eigenvalue weighted by atomic mass is 16.4. The van der Waals surface area contributed by atoms with Gasteiger partial charge in [0.15, 0.2) is 5.78 Å². The molecular weight excluding hydrogens is 186 g/mol. The van der Waals surface area contributed by atoms with Crippen LogP contribution in [0.3, 0.4) is 0 Å². The first-order valence-electron chi connectivity index (χ1n) is 3.78. The van der Waals surface area contributed by atoms with E-state index in [1.807, 2.05) is 0 Å². The minimum atomic E-state index is -1.33. The molecule has 1 aromatic carbocycles. The highest BCUT2D eigenvalue weighted by Crippen LogP contribution is 2.22. The average Bonchev–Trinajstić information content (AvgIpc) is 2.16. The van der Waals surface area contributed by atoms with Gasteiger partial charge in [0.25, 0.3) is 0 Å². The van der Waals surface area contributed by atoms with E-state index >= 15 is 0 Å². The van der Waals surface area contributed by atoms with Crippen molar-refractivity contribution in [3.8, 4) is 0 Å². The van der Waals surface area contributed by atoms with Crippen LogP contribution in [-0.2, 0) is 0 Å². The van der Waals surface area contributed by atoms with Gasteiger partial charge in [0.05, 0.1) is 5.56 Å². The van der Waals surface area contributed by atoms with Gasteiger partial charge in [-0.1, -0.05) is 12.1 Å². The van der Waals surface area contributed by atoms with Crippen molar-refractivity contribution in [2.45, 2.75) is 6.92 Å². The summed E-state index contributed by atoms with van der Waals surface area (Å²) in [5, 5.41) is 11.3. The summed E-state index contributed by atoms with van der Waals surface area (Å²) in [5.74, 6) is -1.74. The first kappa shape index (κ1) is 10.0. The summed E-state index contributed by atoms with van der Waals surface area (Å²) in [6.07, 6.45) is 0. The molecule has 1 rings (SSSR count). The van der Waals surface area contributed by atoms with Crippen molar-refractivity contribution in [1.29, 1.82) is 0 Å². The SMILES string of the molecule is CC(=O)c1cccc(N=O)c1C(=O)O. The van der Waals surface area contributed by atoms with Gasteiger partial charge < -0.3 is 5.11 Å². The number of carbonyl (C=O) groups excluding carboxylic acids is 1. The van der Waals surface area contributed by atoms with E-state index in [2.05, 4.69) is 5.18 Å². The minimum absolute atomic E-state index is 0.00500. The number of Topliss-reactive ketones (excluding diaryl/α,β-unsaturated/α-hetero) is 1. The van der Waals surface area contributed by atoms with Crippen LogP contribution in [0.2, 0.25) is 0 Å². The molecule has 0 aliphatic heterocycles. The van der Waals surface area contributed by atoms with Gasteiger partial charge in [-0.15, -0.1) is 4.91 Å². The van der Waals surface area contributed by atoms with Crippen LogP contribution < -0.4 is 0 Å². The summed E-state index contributed by atoms with van der Waals surface area (Å²) in [5.41, 5.74) is -0.574. The molecule has 0 aromatic heterocycles. The van der Waals surface area contributed by atoms with Gasteiger partial charge in [-0.25, -0.2) is 4.79 Å². The van der Waals surface area contributed by atoms with Gasteiger partial charge in [-0.2, -0.15) is 0 Å². The molecule has 0 aliphatic rings. The number of carbonyl (C=O) groups is 2. The Kier molecular flexibility index (Phi) is 2.71. The van der Waals surface area contributed by atoms with E-state index in [0.29, 0.717) is 0 Å². The van der Waals surface area contributed by atoms with Gasteiger partial charge in [0, 0.05) is 5.56 Å². The van der Waals surface area contributed by atoms with E-state index in [-0.39, 0.29) is 16.8 Å². The molecule has 0 aliphatic carbocycles. The first-order valence-corrected chi connectivity index (χ1v) is 3.78. The summed E-state index contributed by atoms with van der Waals surface area (Å²) >= 11 is 0. The number of carboxylic acid groups (broad SMARTS) is 1. The second-order valence-electron chi connectivity index (χ2n) is 2.65. The third-order valence-electron chi connectivity index (χ3n) is 1.73. The lowest BCUT2D eigenvalue weighted by atomic mass is 10.0. The number of carboxylic acids is 1. The molecule has 1 aromatic rings. The Bertz CT molecular complexity index is 411. The van der Waals surface area contributed by atoms with Crippen LogP contribution in [0.1, 0.15) is 27.6 Å². The number of aromatic carboxylic acids is 1. The summed E-state index contributed by atoms with van der Waals surface area (Å²) in [6.45, 7) is 1.23. The van der Waals surface area contributed by atoms with Crippen LogP contribution >= 0.6 is 0 Å². The van der Waals surface area contributed by atoms with Crippen molar-refractivity contribution in [1.82, 2.24) is 0 Å². The molecule has 14 heavy (non-hydrogen) atoms. The first-order chi connectivity index (χ1) is 6.57. The highest BCUT2D eigenvalue weighted by Gasteiger charge is 2.18. The van der Waals surface area contributed by atoms with Crippen LogP contribution in [-0.4, -0.2) is 16.9 Å². The quantitative estimate of drug-likeness (QED) is 0.587. The summed E-state index contributed by atoms with van der Waals surface area (Å²) in [7, 11) is 0. The fraction of sp³-hybridized carbons (Fsp3) is 0.111. The van der Waals surface area contributed by atoms with Crippen molar-refractivity contribution >= 4 is 17.4 Å². The van der Waals surface area contributed by atoms with Crippen molar-refractivity contribution in [3.63, 3.8) is 0 Å². The molecular formula is C9H7NO4. The number of benzene rings is 1. The Morgan fingerprint density at radius 3 is 2.43 bits per heavy atom. The predicted octanol–water partition coefficient (Wildman–Crippen LogP) is 1.99. The Morgan fingerprint density at radius 1 is 1.36 bits per heavy atom. The molecule has 0 unspecified atom stereocenters. The summed E-state index contributed by atoms with van der Waals surface area (Å²) in [6, 6.07) is 4.02. The van der Waals surface area contributed by atoms with E-state index in [4.69, 9.17) is 5.11 Å². The summed E-state index contributed by atoms with van der Waals surface area (Å²) < 4.78 is 0. The fourth-order valence-electron chi connectivity index (χ4n) is 1.13. The number of hydrogen-bond donors (Lipinski definition) is 1. The lowest BCUT2D eigenvalue weighted by molar-refractivity contribution is 0.0693. The highest BCUT2D eigenvalue weighted by molar-refractivity contribution is 6.07. The average molecular weight is 193 g/mol. The number of nitrogens with zero attached hydrogens (tertiary/aromatic N) is 1. The zero-order valence-electron chi connectivity index (χ0n) is 7.35. The Morgan fingerprint density at radius 2 is 2.00 bits per heavy atom. The lowest BCUT2D eigenvalue weighted by Crippen LogP contribution is -2.06. The van der Waals surface area contributed by atoms with E-state index in [1.54, 1.807) is 0 Å². The molecule has 0 saturated carbocycles. The van der Waals surface area contributed by atoms with Crippen LogP contribution in [0.4, 0.5) is 5.69 Å². The van der Waals surface area contributed by atoms with Gasteiger partial charge >= 0.3 is 5.97 Å². The zero-order valence-corrected chi connectivity index (χ0v) is 7.35. The maximum absolute atomic E-state index is 11.0. The molecule has 0 saturated heterocycles. The van der Waals surface area contributed by atoms with Crippen molar-refractivity contribution in [2.75, 3.05) is 0 Å².